The van der Waals surface area contributed by atoms with E-state index in [-0.39, 0.29) is 5.37 Å². The predicted octanol–water partition coefficient (Wildman–Crippen LogP) is 3.39. The lowest BCUT2D eigenvalue weighted by atomic mass is 10.0. The molecule has 2 N–H and O–H groups in total. The fourth-order valence-electron chi connectivity index (χ4n) is 2.79. The molecule has 0 spiro atoms. The highest BCUT2D eigenvalue weighted by atomic mass is 32.2. The van der Waals surface area contributed by atoms with Crippen molar-refractivity contribution in [2.45, 2.75) is 30.0 Å². The van der Waals surface area contributed by atoms with E-state index < -0.39 is 16.8 Å². The summed E-state index contributed by atoms with van der Waals surface area (Å²) >= 11 is 3.11. The minimum absolute atomic E-state index is 0.147. The summed E-state index contributed by atoms with van der Waals surface area (Å²) in [6.07, 6.45) is 1.79. The molecule has 1 aliphatic rings. The van der Waals surface area contributed by atoms with Crippen molar-refractivity contribution < 1.29 is 19.4 Å². The van der Waals surface area contributed by atoms with E-state index in [1.54, 1.807) is 32.2 Å². The molecular formula is C17H20N2O4S2. The topological polar surface area (TPSA) is 80.7 Å². The standard InChI is InChI=1S/C17H20N2O4S2/c1-17(2)13(16(20)21)19-15(25-17)14-18-8-12(24-14)10-7-9(22-3)5-6-11(10)23-4/h5-8,13,15,19H,1-4H3,(H,20,21). The number of carbonyl (C=O) groups is 1. The summed E-state index contributed by atoms with van der Waals surface area (Å²) in [6, 6.07) is 5.01. The molecule has 3 rings (SSSR count). The van der Waals surface area contributed by atoms with Gasteiger partial charge in [0.2, 0.25) is 0 Å². The molecule has 2 atom stereocenters. The monoisotopic (exact) mass is 380 g/mol. The maximum atomic E-state index is 11.5. The second-order valence-corrected chi connectivity index (χ2v) is 8.99. The molecule has 134 valence electrons. The molecule has 0 radical (unpaired) electrons. The molecule has 25 heavy (non-hydrogen) atoms. The molecule has 2 unspecified atom stereocenters. The average Bonchev–Trinajstić information content (AvgIpc) is 3.18. The van der Waals surface area contributed by atoms with Crippen molar-refractivity contribution in [3.8, 4) is 21.9 Å². The van der Waals surface area contributed by atoms with Gasteiger partial charge in [-0.2, -0.15) is 0 Å². The summed E-state index contributed by atoms with van der Waals surface area (Å²) in [7, 11) is 3.25. The first-order chi connectivity index (χ1) is 11.9. The van der Waals surface area contributed by atoms with Gasteiger partial charge in [-0.15, -0.1) is 23.1 Å². The molecule has 2 heterocycles. The second-order valence-electron chi connectivity index (χ2n) is 6.17. The van der Waals surface area contributed by atoms with Gasteiger partial charge < -0.3 is 14.6 Å². The van der Waals surface area contributed by atoms with Crippen LogP contribution in [0.15, 0.2) is 24.4 Å². The molecule has 1 aromatic heterocycles. The fourth-order valence-corrected chi connectivity index (χ4v) is 5.24. The van der Waals surface area contributed by atoms with Crippen molar-refractivity contribution in [2.75, 3.05) is 14.2 Å². The molecular weight excluding hydrogens is 360 g/mol. The number of nitrogens with one attached hydrogen (secondary N) is 1. The Kier molecular flexibility index (Phi) is 4.95. The van der Waals surface area contributed by atoms with Crippen molar-refractivity contribution >= 4 is 29.1 Å². The number of rotatable bonds is 5. The minimum atomic E-state index is -0.841. The van der Waals surface area contributed by atoms with E-state index in [2.05, 4.69) is 10.3 Å². The van der Waals surface area contributed by atoms with E-state index in [4.69, 9.17) is 9.47 Å². The molecule has 2 aromatic rings. The zero-order valence-electron chi connectivity index (χ0n) is 14.4. The first kappa shape index (κ1) is 18.0. The van der Waals surface area contributed by atoms with Gasteiger partial charge in [0, 0.05) is 16.5 Å². The van der Waals surface area contributed by atoms with Crippen LogP contribution in [0.3, 0.4) is 0 Å². The van der Waals surface area contributed by atoms with Crippen LogP contribution in [0.1, 0.15) is 24.2 Å². The number of ether oxygens (including phenoxy) is 2. The van der Waals surface area contributed by atoms with Crippen LogP contribution in [0.5, 0.6) is 11.5 Å². The predicted molar refractivity (Wildman–Crippen MR) is 99.6 cm³/mol. The number of carboxylic acid groups (broad SMARTS) is 1. The Bertz CT molecular complexity index is 791. The lowest BCUT2D eigenvalue weighted by Gasteiger charge is -2.20. The quantitative estimate of drug-likeness (QED) is 0.823. The van der Waals surface area contributed by atoms with Gasteiger partial charge in [0.05, 0.1) is 19.1 Å². The summed E-state index contributed by atoms with van der Waals surface area (Å²) in [5.41, 5.74) is 0.905. The van der Waals surface area contributed by atoms with Crippen molar-refractivity contribution in [1.82, 2.24) is 10.3 Å². The summed E-state index contributed by atoms with van der Waals surface area (Å²) in [5, 5.41) is 13.3. The summed E-state index contributed by atoms with van der Waals surface area (Å²) in [5.74, 6) is 0.643. The third-order valence-electron chi connectivity index (χ3n) is 4.10. The van der Waals surface area contributed by atoms with E-state index in [0.717, 1.165) is 26.9 Å². The van der Waals surface area contributed by atoms with Crippen LogP contribution in [0.25, 0.3) is 10.4 Å². The number of thioether (sulfide) groups is 1. The number of hydrogen-bond acceptors (Lipinski definition) is 7. The largest absolute Gasteiger partial charge is 0.497 e. The smallest absolute Gasteiger partial charge is 0.322 e. The van der Waals surface area contributed by atoms with E-state index in [9.17, 15) is 9.90 Å². The van der Waals surface area contributed by atoms with Crippen molar-refractivity contribution in [3.63, 3.8) is 0 Å². The van der Waals surface area contributed by atoms with E-state index in [1.807, 2.05) is 32.0 Å². The van der Waals surface area contributed by atoms with Crippen LogP contribution in [-0.4, -0.2) is 41.1 Å². The Morgan fingerprint density at radius 1 is 1.32 bits per heavy atom. The van der Waals surface area contributed by atoms with Gasteiger partial charge in [-0.1, -0.05) is 0 Å². The number of nitrogens with zero attached hydrogens (tertiary/aromatic N) is 1. The first-order valence-corrected chi connectivity index (χ1v) is 9.40. The Morgan fingerprint density at radius 3 is 2.68 bits per heavy atom. The van der Waals surface area contributed by atoms with Gasteiger partial charge in [-0.25, -0.2) is 4.98 Å². The number of thiazole rings is 1. The normalized spacial score (nSPS) is 21.9. The summed E-state index contributed by atoms with van der Waals surface area (Å²) in [4.78, 5) is 16.9. The number of aromatic nitrogens is 1. The average molecular weight is 380 g/mol. The lowest BCUT2D eigenvalue weighted by Crippen LogP contribution is -2.43. The van der Waals surface area contributed by atoms with Gasteiger partial charge in [-0.05, 0) is 32.0 Å². The third kappa shape index (κ3) is 3.47. The van der Waals surface area contributed by atoms with Crippen LogP contribution in [0.2, 0.25) is 0 Å². The molecule has 6 nitrogen and oxygen atoms in total. The number of benzene rings is 1. The second kappa shape index (κ2) is 6.86. The van der Waals surface area contributed by atoms with Crippen LogP contribution in [0.4, 0.5) is 0 Å². The zero-order chi connectivity index (χ0) is 18.2. The third-order valence-corrected chi connectivity index (χ3v) is 6.78. The molecule has 1 fully saturated rings. The molecule has 0 saturated carbocycles. The first-order valence-electron chi connectivity index (χ1n) is 7.70. The Hall–Kier alpha value is -1.77. The highest BCUT2D eigenvalue weighted by Crippen LogP contribution is 2.48. The van der Waals surface area contributed by atoms with Crippen molar-refractivity contribution in [3.05, 3.63) is 29.4 Å². The van der Waals surface area contributed by atoms with Gasteiger partial charge in [0.25, 0.3) is 0 Å². The summed E-state index contributed by atoms with van der Waals surface area (Å²) in [6.45, 7) is 3.87. The minimum Gasteiger partial charge on any atom is -0.497 e. The highest BCUT2D eigenvalue weighted by molar-refractivity contribution is 8.01. The van der Waals surface area contributed by atoms with Gasteiger partial charge in [-0.3, -0.25) is 10.1 Å². The summed E-state index contributed by atoms with van der Waals surface area (Å²) < 4.78 is 10.3. The van der Waals surface area contributed by atoms with Crippen molar-refractivity contribution in [2.24, 2.45) is 0 Å². The molecule has 1 saturated heterocycles. The Balaban J connectivity index is 1.90. The van der Waals surface area contributed by atoms with Crippen LogP contribution in [-0.2, 0) is 4.79 Å². The highest BCUT2D eigenvalue weighted by Gasteiger charge is 2.46. The fraction of sp³-hybridized carbons (Fsp3) is 0.412. The van der Waals surface area contributed by atoms with Gasteiger partial charge >= 0.3 is 5.97 Å². The number of aliphatic carboxylic acids is 1. The number of hydrogen-bond donors (Lipinski definition) is 2. The zero-order valence-corrected chi connectivity index (χ0v) is 16.0. The Morgan fingerprint density at radius 2 is 2.08 bits per heavy atom. The molecule has 0 amide bonds. The lowest BCUT2D eigenvalue weighted by molar-refractivity contribution is -0.139. The number of carboxylic acids is 1. The van der Waals surface area contributed by atoms with Gasteiger partial charge in [0.1, 0.15) is 27.9 Å². The maximum absolute atomic E-state index is 11.5. The van der Waals surface area contributed by atoms with Crippen LogP contribution in [0, 0.1) is 0 Å². The molecule has 1 aliphatic heterocycles. The Labute approximate surface area is 154 Å². The van der Waals surface area contributed by atoms with Crippen molar-refractivity contribution in [1.29, 1.82) is 0 Å². The van der Waals surface area contributed by atoms with E-state index >= 15 is 0 Å². The SMILES string of the molecule is COc1ccc(OC)c(-c2cnc(C3NC(C(=O)O)C(C)(C)S3)s2)c1. The van der Waals surface area contributed by atoms with Crippen LogP contribution < -0.4 is 14.8 Å². The molecule has 0 bridgehead atoms. The molecule has 0 aliphatic carbocycles. The number of methoxy groups -OCH3 is 2. The maximum Gasteiger partial charge on any atom is 0.322 e. The molecule has 1 aromatic carbocycles. The van der Waals surface area contributed by atoms with Gasteiger partial charge in [0.15, 0.2) is 0 Å². The molecule has 8 heteroatoms. The van der Waals surface area contributed by atoms with E-state index in [1.165, 1.54) is 11.3 Å². The van der Waals surface area contributed by atoms with E-state index in [0.29, 0.717) is 0 Å². The van der Waals surface area contributed by atoms with Crippen LogP contribution >= 0.6 is 23.1 Å².